The Balaban J connectivity index is 2.34. The Hall–Kier alpha value is -1.63. The first kappa shape index (κ1) is 15.4. The number of nitrogens with one attached hydrogen (secondary N) is 2. The first-order valence-electron chi connectivity index (χ1n) is 5.88. The number of thioether (sulfide) groups is 1. The molecule has 0 spiro atoms. The largest absolute Gasteiger partial charge is 0.478 e. The van der Waals surface area contributed by atoms with Gasteiger partial charge in [0.15, 0.2) is 0 Å². The van der Waals surface area contributed by atoms with Crippen LogP contribution >= 0.6 is 11.8 Å². The summed E-state index contributed by atoms with van der Waals surface area (Å²) in [7, 11) is 0. The Morgan fingerprint density at radius 1 is 1.42 bits per heavy atom. The van der Waals surface area contributed by atoms with E-state index in [1.54, 1.807) is 18.7 Å². The number of furan rings is 1. The zero-order valence-corrected chi connectivity index (χ0v) is 11.8. The molecule has 2 amide bonds. The third-order valence-corrected chi connectivity index (χ3v) is 3.13. The van der Waals surface area contributed by atoms with Gasteiger partial charge in [0.05, 0.1) is 6.54 Å². The average Bonchev–Trinajstić information content (AvgIpc) is 2.74. The number of carbonyl (C=O) groups is 2. The van der Waals surface area contributed by atoms with E-state index in [0.717, 1.165) is 12.2 Å². The highest BCUT2D eigenvalue weighted by atomic mass is 32.2. The summed E-state index contributed by atoms with van der Waals surface area (Å²) in [5.74, 6) is 0.729. The molecule has 3 N–H and O–H groups in total. The van der Waals surface area contributed by atoms with E-state index in [9.17, 15) is 9.59 Å². The third-order valence-electron chi connectivity index (χ3n) is 2.43. The van der Waals surface area contributed by atoms with Crippen molar-refractivity contribution in [2.75, 3.05) is 18.6 Å². The Morgan fingerprint density at radius 3 is 2.74 bits per heavy atom. The number of amides is 2. The number of carboxylic acids is 1. The number of aromatic carboxylic acids is 1. The van der Waals surface area contributed by atoms with Crippen LogP contribution in [0.25, 0.3) is 0 Å². The molecule has 0 radical (unpaired) electrons. The standard InChI is InChI=1S/C12H18N2O4S/c1-8-10(11(15)16)6-9(18-8)7-14-12(17)13-4-3-5-19-2/h6H,3-5,7H2,1-2H3,(H,15,16)(H2,13,14,17). The topological polar surface area (TPSA) is 91.6 Å². The van der Waals surface area contributed by atoms with Crippen LogP contribution < -0.4 is 10.6 Å². The molecule has 0 unspecified atom stereocenters. The molecule has 1 rings (SSSR count). The van der Waals surface area contributed by atoms with E-state index in [0.29, 0.717) is 18.1 Å². The van der Waals surface area contributed by atoms with Gasteiger partial charge in [-0.3, -0.25) is 0 Å². The van der Waals surface area contributed by atoms with Crippen molar-refractivity contribution in [2.45, 2.75) is 19.9 Å². The van der Waals surface area contributed by atoms with Gasteiger partial charge < -0.3 is 20.2 Å². The molecule has 19 heavy (non-hydrogen) atoms. The summed E-state index contributed by atoms with van der Waals surface area (Å²) in [6.45, 7) is 2.36. The van der Waals surface area contributed by atoms with Gasteiger partial charge in [-0.1, -0.05) is 0 Å². The van der Waals surface area contributed by atoms with E-state index in [-0.39, 0.29) is 18.1 Å². The van der Waals surface area contributed by atoms with Crippen LogP contribution in [0.15, 0.2) is 10.5 Å². The van der Waals surface area contributed by atoms with Crippen LogP contribution in [0.4, 0.5) is 4.79 Å². The maximum absolute atomic E-state index is 11.4. The SMILES string of the molecule is CSCCCNC(=O)NCc1cc(C(=O)O)c(C)o1. The van der Waals surface area contributed by atoms with Crippen LogP contribution in [0.1, 0.15) is 28.3 Å². The lowest BCUT2D eigenvalue weighted by Crippen LogP contribution is -2.35. The Kier molecular flexibility index (Phi) is 6.27. The molecule has 0 aliphatic heterocycles. The van der Waals surface area contributed by atoms with Crippen molar-refractivity contribution in [3.05, 3.63) is 23.2 Å². The van der Waals surface area contributed by atoms with Crippen molar-refractivity contribution in [3.63, 3.8) is 0 Å². The average molecular weight is 286 g/mol. The summed E-state index contributed by atoms with van der Waals surface area (Å²) in [6.07, 6.45) is 2.93. The highest BCUT2D eigenvalue weighted by Gasteiger charge is 2.13. The van der Waals surface area contributed by atoms with Gasteiger partial charge in [-0.15, -0.1) is 0 Å². The quantitative estimate of drug-likeness (QED) is 0.665. The Bertz CT molecular complexity index is 445. The minimum atomic E-state index is -1.03. The van der Waals surface area contributed by atoms with Crippen molar-refractivity contribution in [3.8, 4) is 0 Å². The second-order valence-electron chi connectivity index (χ2n) is 3.94. The van der Waals surface area contributed by atoms with Gasteiger partial charge in [-0.05, 0) is 31.4 Å². The van der Waals surface area contributed by atoms with Gasteiger partial charge in [-0.2, -0.15) is 11.8 Å². The fourth-order valence-corrected chi connectivity index (χ4v) is 1.92. The van der Waals surface area contributed by atoms with Crippen LogP contribution in [-0.2, 0) is 6.54 Å². The van der Waals surface area contributed by atoms with Crippen molar-refractivity contribution in [1.29, 1.82) is 0 Å². The monoisotopic (exact) mass is 286 g/mol. The first-order valence-corrected chi connectivity index (χ1v) is 7.27. The number of aryl methyl sites for hydroxylation is 1. The fraction of sp³-hybridized carbons (Fsp3) is 0.500. The van der Waals surface area contributed by atoms with E-state index >= 15 is 0 Å². The molecule has 0 fully saturated rings. The van der Waals surface area contributed by atoms with Gasteiger partial charge >= 0.3 is 12.0 Å². The van der Waals surface area contributed by atoms with Crippen molar-refractivity contribution in [1.82, 2.24) is 10.6 Å². The van der Waals surface area contributed by atoms with E-state index in [1.807, 2.05) is 6.26 Å². The summed E-state index contributed by atoms with van der Waals surface area (Å²) < 4.78 is 5.24. The van der Waals surface area contributed by atoms with Crippen LogP contribution in [-0.4, -0.2) is 35.7 Å². The molecule has 0 aliphatic carbocycles. The molecular weight excluding hydrogens is 268 g/mol. The normalized spacial score (nSPS) is 10.2. The minimum absolute atomic E-state index is 0.122. The Labute approximate surface area is 115 Å². The van der Waals surface area contributed by atoms with Gasteiger partial charge in [0.25, 0.3) is 0 Å². The zero-order valence-electron chi connectivity index (χ0n) is 11.0. The zero-order chi connectivity index (χ0) is 14.3. The lowest BCUT2D eigenvalue weighted by molar-refractivity contribution is 0.0695. The van der Waals surface area contributed by atoms with E-state index < -0.39 is 5.97 Å². The van der Waals surface area contributed by atoms with Crippen molar-refractivity contribution >= 4 is 23.8 Å². The first-order chi connectivity index (χ1) is 9.04. The highest BCUT2D eigenvalue weighted by Crippen LogP contribution is 2.14. The summed E-state index contributed by atoms with van der Waals surface area (Å²) in [6, 6.07) is 1.14. The second kappa shape index (κ2) is 7.73. The number of carboxylic acid groups (broad SMARTS) is 1. The summed E-state index contributed by atoms with van der Waals surface area (Å²) >= 11 is 1.73. The lowest BCUT2D eigenvalue weighted by Gasteiger charge is -2.05. The fourth-order valence-electron chi connectivity index (χ4n) is 1.49. The van der Waals surface area contributed by atoms with Gasteiger partial charge in [-0.25, -0.2) is 9.59 Å². The Morgan fingerprint density at radius 2 is 2.16 bits per heavy atom. The van der Waals surface area contributed by atoms with Crippen molar-refractivity contribution < 1.29 is 19.1 Å². The predicted octanol–water partition coefficient (Wildman–Crippen LogP) is 1.84. The molecule has 0 atom stereocenters. The molecule has 1 aromatic heterocycles. The molecule has 0 saturated heterocycles. The molecule has 1 aromatic rings. The van der Waals surface area contributed by atoms with Crippen LogP contribution in [0.5, 0.6) is 0 Å². The van der Waals surface area contributed by atoms with Crippen LogP contribution in [0, 0.1) is 6.92 Å². The highest BCUT2D eigenvalue weighted by molar-refractivity contribution is 7.98. The number of hydrogen-bond donors (Lipinski definition) is 3. The molecule has 7 heteroatoms. The van der Waals surface area contributed by atoms with Gasteiger partial charge in [0.2, 0.25) is 0 Å². The molecule has 0 aromatic carbocycles. The predicted molar refractivity (Wildman–Crippen MR) is 73.6 cm³/mol. The molecule has 106 valence electrons. The number of urea groups is 1. The summed E-state index contributed by atoms with van der Waals surface area (Å²) in [5.41, 5.74) is 0.122. The van der Waals surface area contributed by atoms with Crippen LogP contribution in [0.3, 0.4) is 0 Å². The maximum atomic E-state index is 11.4. The third kappa shape index (κ3) is 5.25. The second-order valence-corrected chi connectivity index (χ2v) is 4.93. The number of hydrogen-bond acceptors (Lipinski definition) is 4. The van der Waals surface area contributed by atoms with E-state index in [1.165, 1.54) is 6.07 Å². The molecule has 1 heterocycles. The molecule has 0 aliphatic rings. The van der Waals surface area contributed by atoms with E-state index in [4.69, 9.17) is 9.52 Å². The molecular formula is C12H18N2O4S. The molecule has 0 bridgehead atoms. The van der Waals surface area contributed by atoms with Gasteiger partial charge in [0, 0.05) is 6.54 Å². The lowest BCUT2D eigenvalue weighted by atomic mass is 10.2. The number of rotatable bonds is 7. The molecule has 0 saturated carbocycles. The minimum Gasteiger partial charge on any atom is -0.478 e. The maximum Gasteiger partial charge on any atom is 0.339 e. The van der Waals surface area contributed by atoms with Gasteiger partial charge in [0.1, 0.15) is 17.1 Å². The van der Waals surface area contributed by atoms with Crippen LogP contribution in [0.2, 0.25) is 0 Å². The molecule has 6 nitrogen and oxygen atoms in total. The number of carbonyl (C=O) groups excluding carboxylic acids is 1. The van der Waals surface area contributed by atoms with E-state index in [2.05, 4.69) is 10.6 Å². The smallest absolute Gasteiger partial charge is 0.339 e. The van der Waals surface area contributed by atoms with Crippen molar-refractivity contribution in [2.24, 2.45) is 0 Å². The summed E-state index contributed by atoms with van der Waals surface area (Å²) in [4.78, 5) is 22.2. The summed E-state index contributed by atoms with van der Waals surface area (Å²) in [5, 5.41) is 14.2.